The largest absolute Gasteiger partial charge is 0.331 e. The van der Waals surface area contributed by atoms with E-state index in [1.807, 2.05) is 45.9 Å². The molecule has 1 aromatic carbocycles. The maximum Gasteiger partial charge on any atom is 0.209 e. The summed E-state index contributed by atoms with van der Waals surface area (Å²) in [5, 5.41) is 1.22. The molecule has 0 saturated carbocycles. The number of rotatable bonds is 11. The van der Waals surface area contributed by atoms with E-state index in [1.54, 1.807) is 0 Å². The average Bonchev–Trinajstić information content (AvgIpc) is 2.49. The lowest BCUT2D eigenvalue weighted by molar-refractivity contribution is 0.277. The molecule has 7 heteroatoms. The topological polar surface area (TPSA) is 36.9 Å². The van der Waals surface area contributed by atoms with Crippen LogP contribution in [-0.4, -0.2) is 26.4 Å². The fourth-order valence-electron chi connectivity index (χ4n) is 1.54. The van der Waals surface area contributed by atoms with Crippen molar-refractivity contribution in [2.75, 3.05) is 26.4 Å². The zero-order valence-electron chi connectivity index (χ0n) is 13.2. The average molecular weight is 350 g/mol. The van der Waals surface area contributed by atoms with E-state index in [1.165, 1.54) is 5.30 Å². The molecule has 0 spiro atoms. The summed E-state index contributed by atoms with van der Waals surface area (Å²) in [7, 11) is -2.80. The third kappa shape index (κ3) is 6.55. The highest BCUT2D eigenvalue weighted by Gasteiger charge is 2.35. The van der Waals surface area contributed by atoms with Gasteiger partial charge < -0.3 is 18.1 Å². The Balaban J connectivity index is 3.06. The summed E-state index contributed by atoms with van der Waals surface area (Å²) in [5.41, 5.74) is 0. The second-order valence-corrected chi connectivity index (χ2v) is 12.2. The molecule has 0 fully saturated rings. The van der Waals surface area contributed by atoms with Crippen molar-refractivity contribution in [2.45, 2.75) is 27.7 Å². The van der Waals surface area contributed by atoms with Crippen molar-refractivity contribution < 1.29 is 18.1 Å². The van der Waals surface area contributed by atoms with Gasteiger partial charge in [0, 0.05) is 0 Å². The number of benzene rings is 1. The van der Waals surface area contributed by atoms with Crippen LogP contribution in [0.3, 0.4) is 0 Å². The van der Waals surface area contributed by atoms with E-state index >= 15 is 0 Å². The van der Waals surface area contributed by atoms with Crippen LogP contribution in [0.4, 0.5) is 0 Å². The summed E-state index contributed by atoms with van der Waals surface area (Å²) in [6, 6.07) is 10.3. The fourth-order valence-corrected chi connectivity index (χ4v) is 11.9. The van der Waals surface area contributed by atoms with Gasteiger partial charge in [0.1, 0.15) is 0 Å². The summed E-state index contributed by atoms with van der Waals surface area (Å²) in [4.78, 5) is 0. The highest BCUT2D eigenvalue weighted by atomic mass is 32.5. The van der Waals surface area contributed by atoms with E-state index in [9.17, 15) is 0 Å². The number of hydrogen-bond donors (Lipinski definition) is 0. The van der Waals surface area contributed by atoms with Gasteiger partial charge in [-0.05, 0) is 33.0 Å². The lowest BCUT2D eigenvalue weighted by Gasteiger charge is -2.30. The quantitative estimate of drug-likeness (QED) is 0.501. The maximum atomic E-state index is 5.90. The predicted molar refractivity (Wildman–Crippen MR) is 93.3 cm³/mol. The molecule has 120 valence electrons. The first-order chi connectivity index (χ1) is 10.3. The van der Waals surface area contributed by atoms with Crippen LogP contribution in [-0.2, 0) is 18.1 Å². The van der Waals surface area contributed by atoms with Crippen molar-refractivity contribution in [3.05, 3.63) is 30.3 Å². The summed E-state index contributed by atoms with van der Waals surface area (Å²) in [5.74, 6) is 0. The Morgan fingerprint density at radius 3 is 1.38 bits per heavy atom. The normalized spacial score (nSPS) is 11.8. The van der Waals surface area contributed by atoms with E-state index in [-0.39, 0.29) is 0 Å². The maximum absolute atomic E-state index is 5.90. The summed E-state index contributed by atoms with van der Waals surface area (Å²) >= 11 is 0. The van der Waals surface area contributed by atoms with Gasteiger partial charge in [0.25, 0.3) is 0 Å². The van der Waals surface area contributed by atoms with Gasteiger partial charge in [-0.15, -0.1) is 0 Å². The minimum Gasteiger partial charge on any atom is -0.331 e. The molecule has 0 aliphatic rings. The Bertz CT molecular complexity index is 338. The highest BCUT2D eigenvalue weighted by Crippen LogP contribution is 2.86. The first-order valence-corrected chi connectivity index (χ1v) is 12.4. The van der Waals surface area contributed by atoms with Crippen LogP contribution in [0.5, 0.6) is 0 Å². The van der Waals surface area contributed by atoms with Crippen molar-refractivity contribution in [3.63, 3.8) is 0 Å². The Morgan fingerprint density at radius 1 is 0.667 bits per heavy atom. The second-order valence-electron chi connectivity index (χ2n) is 3.77. The van der Waals surface area contributed by atoms with Crippen molar-refractivity contribution in [1.82, 2.24) is 0 Å². The molecule has 0 aliphatic carbocycles. The molecule has 1 rings (SSSR count). The van der Waals surface area contributed by atoms with Gasteiger partial charge in [-0.1, -0.05) is 30.3 Å². The molecule has 0 saturated heterocycles. The van der Waals surface area contributed by atoms with E-state index in [0.29, 0.717) is 26.4 Å². The Morgan fingerprint density at radius 2 is 1.05 bits per heavy atom. The van der Waals surface area contributed by atoms with Crippen molar-refractivity contribution >= 4 is 28.7 Å². The monoisotopic (exact) mass is 350 g/mol. The van der Waals surface area contributed by atoms with Crippen molar-refractivity contribution in [1.29, 1.82) is 0 Å². The molecule has 0 radical (unpaired) electrons. The van der Waals surface area contributed by atoms with E-state index < -0.39 is 23.4 Å². The third-order valence-electron chi connectivity index (χ3n) is 2.25. The Hall–Kier alpha value is 0.350. The fraction of sp³-hybridized carbons (Fsp3) is 0.571. The molecular weight excluding hydrogens is 325 g/mol. The van der Waals surface area contributed by atoms with Gasteiger partial charge in [-0.3, -0.25) is 0 Å². The summed E-state index contributed by atoms with van der Waals surface area (Å²) in [6.07, 6.45) is 0. The van der Waals surface area contributed by atoms with Gasteiger partial charge in [-0.2, -0.15) is 0 Å². The van der Waals surface area contributed by atoms with Crippen molar-refractivity contribution in [2.24, 2.45) is 0 Å². The summed E-state index contributed by atoms with van der Waals surface area (Å²) in [6.45, 7) is 10.5. The van der Waals surface area contributed by atoms with Gasteiger partial charge in [0.15, 0.2) is 0 Å². The van der Waals surface area contributed by atoms with E-state index in [4.69, 9.17) is 18.1 Å². The van der Waals surface area contributed by atoms with Crippen LogP contribution in [0, 0.1) is 0 Å². The van der Waals surface area contributed by atoms with Gasteiger partial charge in [-0.25, -0.2) is 0 Å². The molecule has 0 N–H and O–H groups in total. The third-order valence-corrected chi connectivity index (χ3v) is 12.8. The molecule has 4 nitrogen and oxygen atoms in total. The van der Waals surface area contributed by atoms with Crippen LogP contribution in [0.2, 0.25) is 0 Å². The second kappa shape index (κ2) is 11.9. The van der Waals surface area contributed by atoms with E-state index in [0.717, 1.165) is 0 Å². The molecule has 0 aliphatic heterocycles. The molecule has 0 heterocycles. The van der Waals surface area contributed by atoms with Crippen LogP contribution in [0.1, 0.15) is 27.7 Å². The van der Waals surface area contributed by atoms with Crippen molar-refractivity contribution in [3.8, 4) is 0 Å². The molecule has 0 aromatic heterocycles. The zero-order chi connectivity index (χ0) is 15.5. The lowest BCUT2D eigenvalue weighted by Crippen LogP contribution is -2.04. The Kier molecular flexibility index (Phi) is 11.0. The predicted octanol–water partition coefficient (Wildman–Crippen LogP) is 5.39. The highest BCUT2D eigenvalue weighted by molar-refractivity contribution is 8.59. The zero-order valence-corrected chi connectivity index (χ0v) is 15.9. The van der Waals surface area contributed by atoms with Gasteiger partial charge >= 0.3 is 0 Å². The summed E-state index contributed by atoms with van der Waals surface area (Å²) < 4.78 is 23.6. The van der Waals surface area contributed by atoms with E-state index in [2.05, 4.69) is 12.1 Å². The minimum atomic E-state index is -1.02. The van der Waals surface area contributed by atoms with Crippen LogP contribution >= 0.6 is 23.4 Å². The molecular formula is C14H25O4P3. The standard InChI is InChI=1S/C14H25O4P3/c1-5-15-20(16-6-2)19(14-12-10-9-11-13-14)21(17-7-3)18-8-4/h9-13H,5-8H2,1-4H3. The van der Waals surface area contributed by atoms with Gasteiger partial charge in [0.05, 0.1) is 33.7 Å². The molecule has 21 heavy (non-hydrogen) atoms. The molecule has 0 bridgehead atoms. The molecule has 0 unspecified atom stereocenters. The molecule has 0 amide bonds. The molecule has 0 atom stereocenters. The molecule has 1 aromatic rings. The minimum absolute atomic E-state index is 0.638. The first kappa shape index (κ1) is 19.4. The van der Waals surface area contributed by atoms with Crippen LogP contribution < -0.4 is 5.30 Å². The lowest BCUT2D eigenvalue weighted by atomic mass is 10.4. The van der Waals surface area contributed by atoms with Gasteiger partial charge in [0.2, 0.25) is 16.1 Å². The van der Waals surface area contributed by atoms with Crippen LogP contribution in [0.15, 0.2) is 30.3 Å². The first-order valence-electron chi connectivity index (χ1n) is 7.25. The Labute approximate surface area is 131 Å². The smallest absolute Gasteiger partial charge is 0.209 e. The number of hydrogen-bond acceptors (Lipinski definition) is 4. The SMILES string of the molecule is CCOP(OCC)P(c1ccccc1)P(OCC)OCC. The van der Waals surface area contributed by atoms with Crippen LogP contribution in [0.25, 0.3) is 0 Å².